The number of halogens is 2. The Morgan fingerprint density at radius 3 is 2.57 bits per heavy atom. The zero-order valence-electron chi connectivity index (χ0n) is 7.32. The number of alkyl halides is 1. The van der Waals surface area contributed by atoms with Gasteiger partial charge in [0.05, 0.1) is 12.0 Å². The number of aliphatic hydroxyl groups is 2. The van der Waals surface area contributed by atoms with Gasteiger partial charge in [0.15, 0.2) is 0 Å². The van der Waals surface area contributed by atoms with Crippen molar-refractivity contribution < 1.29 is 10.2 Å². The maximum Gasteiger partial charge on any atom is 0.108 e. The molecule has 0 saturated carbocycles. The van der Waals surface area contributed by atoms with Gasteiger partial charge in [-0.3, -0.25) is 0 Å². The smallest absolute Gasteiger partial charge is 0.108 e. The maximum atomic E-state index is 9.62. The summed E-state index contributed by atoms with van der Waals surface area (Å²) in [4.78, 5) is 0. The van der Waals surface area contributed by atoms with Crippen LogP contribution in [-0.4, -0.2) is 22.2 Å². The predicted molar refractivity (Wildman–Crippen MR) is 57.6 cm³/mol. The van der Waals surface area contributed by atoms with Crippen LogP contribution in [0.15, 0.2) is 18.2 Å². The highest BCUT2D eigenvalue weighted by molar-refractivity contribution is 6.30. The fourth-order valence-corrected chi connectivity index (χ4v) is 1.44. The summed E-state index contributed by atoms with van der Waals surface area (Å²) in [6.07, 6.45) is -2.15. The van der Waals surface area contributed by atoms with Crippen LogP contribution >= 0.6 is 23.2 Å². The van der Waals surface area contributed by atoms with E-state index in [2.05, 4.69) is 0 Å². The molecule has 1 rings (SSSR count). The van der Waals surface area contributed by atoms with Crippen LogP contribution < -0.4 is 5.73 Å². The largest absolute Gasteiger partial charge is 0.398 e. The lowest BCUT2D eigenvalue weighted by atomic mass is 10.0. The molecule has 0 fully saturated rings. The van der Waals surface area contributed by atoms with Gasteiger partial charge in [0, 0.05) is 16.3 Å². The highest BCUT2D eigenvalue weighted by Crippen LogP contribution is 2.26. The summed E-state index contributed by atoms with van der Waals surface area (Å²) >= 11 is 11.1. The highest BCUT2D eigenvalue weighted by Gasteiger charge is 2.19. The molecule has 1 aromatic carbocycles. The minimum atomic E-state index is -1.11. The molecule has 3 nitrogen and oxygen atoms in total. The third-order valence-corrected chi connectivity index (χ3v) is 2.44. The van der Waals surface area contributed by atoms with Crippen molar-refractivity contribution in [1.29, 1.82) is 0 Å². The Bertz CT molecular complexity index is 320. The quantitative estimate of drug-likeness (QED) is 0.551. The van der Waals surface area contributed by atoms with Gasteiger partial charge in [0.25, 0.3) is 0 Å². The van der Waals surface area contributed by atoms with E-state index in [1.54, 1.807) is 12.1 Å². The van der Waals surface area contributed by atoms with Crippen molar-refractivity contribution in [2.24, 2.45) is 0 Å². The minimum Gasteiger partial charge on any atom is -0.398 e. The number of hydrogen-bond donors (Lipinski definition) is 3. The van der Waals surface area contributed by atoms with Gasteiger partial charge in [-0.2, -0.15) is 0 Å². The lowest BCUT2D eigenvalue weighted by Crippen LogP contribution is -2.20. The van der Waals surface area contributed by atoms with Gasteiger partial charge in [0.1, 0.15) is 6.10 Å². The van der Waals surface area contributed by atoms with Crippen LogP contribution in [0.5, 0.6) is 0 Å². The molecule has 4 N–H and O–H groups in total. The van der Waals surface area contributed by atoms with E-state index < -0.39 is 12.2 Å². The predicted octanol–water partition coefficient (Wildman–Crippen LogP) is 1.56. The molecule has 0 aromatic heterocycles. The molecule has 0 spiro atoms. The molecular weight excluding hydrogens is 225 g/mol. The second-order valence-electron chi connectivity index (χ2n) is 2.94. The summed E-state index contributed by atoms with van der Waals surface area (Å²) in [7, 11) is 0. The first-order valence-corrected chi connectivity index (χ1v) is 4.94. The summed E-state index contributed by atoms with van der Waals surface area (Å²) in [5, 5.41) is 19.4. The average Bonchev–Trinajstić information content (AvgIpc) is 2.19. The first-order chi connectivity index (χ1) is 6.56. The van der Waals surface area contributed by atoms with E-state index in [0.717, 1.165) is 0 Å². The van der Waals surface area contributed by atoms with E-state index in [9.17, 15) is 10.2 Å². The fraction of sp³-hybridized carbons (Fsp3) is 0.333. The monoisotopic (exact) mass is 235 g/mol. The Morgan fingerprint density at radius 1 is 1.36 bits per heavy atom. The Kier molecular flexibility index (Phi) is 4.01. The van der Waals surface area contributed by atoms with E-state index in [0.29, 0.717) is 16.3 Å². The van der Waals surface area contributed by atoms with Crippen LogP contribution in [0.1, 0.15) is 11.7 Å². The lowest BCUT2D eigenvalue weighted by molar-refractivity contribution is 0.0332. The maximum absolute atomic E-state index is 9.62. The normalized spacial score (nSPS) is 15.1. The number of nitrogen functional groups attached to an aromatic ring is 1. The summed E-state index contributed by atoms with van der Waals surface area (Å²) in [6, 6.07) is 4.69. The zero-order chi connectivity index (χ0) is 10.7. The van der Waals surface area contributed by atoms with Gasteiger partial charge in [-0.25, -0.2) is 0 Å². The number of aliphatic hydroxyl groups excluding tert-OH is 2. The summed E-state index contributed by atoms with van der Waals surface area (Å²) < 4.78 is 0. The minimum absolute atomic E-state index is 0.0624. The van der Waals surface area contributed by atoms with E-state index >= 15 is 0 Å². The second-order valence-corrected chi connectivity index (χ2v) is 3.68. The molecule has 1 aromatic rings. The Balaban J connectivity index is 2.99. The van der Waals surface area contributed by atoms with E-state index in [-0.39, 0.29) is 5.88 Å². The number of nitrogens with two attached hydrogens (primary N) is 1. The van der Waals surface area contributed by atoms with E-state index in [1.165, 1.54) is 6.07 Å². The molecule has 0 saturated heterocycles. The van der Waals surface area contributed by atoms with Crippen LogP contribution in [0.25, 0.3) is 0 Å². The molecule has 0 bridgehead atoms. The highest BCUT2D eigenvalue weighted by atomic mass is 35.5. The molecule has 0 aliphatic rings. The standard InChI is InChI=1S/C9H11Cl2NO2/c10-4-8(13)9(14)6-3-5(11)1-2-7(6)12/h1-3,8-9,13-14H,4,12H2. The van der Waals surface area contributed by atoms with Crippen LogP contribution in [0.2, 0.25) is 5.02 Å². The third kappa shape index (κ3) is 2.51. The van der Waals surface area contributed by atoms with E-state index in [4.69, 9.17) is 28.9 Å². The second kappa shape index (κ2) is 4.84. The van der Waals surface area contributed by atoms with Gasteiger partial charge in [-0.1, -0.05) is 11.6 Å². The van der Waals surface area contributed by atoms with Crippen molar-refractivity contribution in [3.8, 4) is 0 Å². The Labute approximate surface area is 92.1 Å². The van der Waals surface area contributed by atoms with Gasteiger partial charge in [-0.05, 0) is 18.2 Å². The molecule has 2 atom stereocenters. The molecule has 0 aliphatic carbocycles. The summed E-state index contributed by atoms with van der Waals surface area (Å²) in [5.74, 6) is -0.0624. The van der Waals surface area contributed by atoms with Crippen molar-refractivity contribution in [1.82, 2.24) is 0 Å². The van der Waals surface area contributed by atoms with Crippen LogP contribution in [0.4, 0.5) is 5.69 Å². The molecule has 5 heteroatoms. The third-order valence-electron chi connectivity index (χ3n) is 1.89. The number of hydrogen-bond acceptors (Lipinski definition) is 3. The molecule has 0 aliphatic heterocycles. The van der Waals surface area contributed by atoms with Crippen molar-refractivity contribution in [3.05, 3.63) is 28.8 Å². The molecule has 0 amide bonds. The first-order valence-electron chi connectivity index (χ1n) is 4.03. The van der Waals surface area contributed by atoms with Gasteiger partial charge in [-0.15, -0.1) is 11.6 Å². The SMILES string of the molecule is Nc1ccc(Cl)cc1C(O)C(O)CCl. The molecule has 0 heterocycles. The lowest BCUT2D eigenvalue weighted by Gasteiger charge is -2.17. The van der Waals surface area contributed by atoms with Crippen LogP contribution in [-0.2, 0) is 0 Å². The summed E-state index contributed by atoms with van der Waals surface area (Å²) in [6.45, 7) is 0. The molecule has 78 valence electrons. The molecule has 0 radical (unpaired) electrons. The van der Waals surface area contributed by atoms with Crippen molar-refractivity contribution in [3.63, 3.8) is 0 Å². The Morgan fingerprint density at radius 2 is 2.00 bits per heavy atom. The molecule has 14 heavy (non-hydrogen) atoms. The molecular formula is C9H11Cl2NO2. The van der Waals surface area contributed by atoms with Crippen LogP contribution in [0, 0.1) is 0 Å². The topological polar surface area (TPSA) is 66.5 Å². The van der Waals surface area contributed by atoms with Gasteiger partial charge < -0.3 is 15.9 Å². The molecule has 2 unspecified atom stereocenters. The number of benzene rings is 1. The van der Waals surface area contributed by atoms with Crippen molar-refractivity contribution >= 4 is 28.9 Å². The van der Waals surface area contributed by atoms with Crippen molar-refractivity contribution in [2.75, 3.05) is 11.6 Å². The Hall–Kier alpha value is -0.480. The van der Waals surface area contributed by atoms with E-state index in [1.807, 2.05) is 0 Å². The fourth-order valence-electron chi connectivity index (χ4n) is 1.09. The van der Waals surface area contributed by atoms with Crippen LogP contribution in [0.3, 0.4) is 0 Å². The number of anilines is 1. The van der Waals surface area contributed by atoms with Crippen molar-refractivity contribution in [2.45, 2.75) is 12.2 Å². The first kappa shape index (κ1) is 11.6. The van der Waals surface area contributed by atoms with Gasteiger partial charge >= 0.3 is 0 Å². The van der Waals surface area contributed by atoms with Gasteiger partial charge in [0.2, 0.25) is 0 Å². The average molecular weight is 236 g/mol. The zero-order valence-corrected chi connectivity index (χ0v) is 8.83. The summed E-state index contributed by atoms with van der Waals surface area (Å²) in [5.41, 5.74) is 6.38. The number of rotatable bonds is 3.